The van der Waals surface area contributed by atoms with Gasteiger partial charge in [0.1, 0.15) is 5.82 Å². The molecule has 0 atom stereocenters. The number of para-hydroxylation sites is 1. The van der Waals surface area contributed by atoms with E-state index >= 15 is 0 Å². The highest BCUT2D eigenvalue weighted by atomic mass is 79.9. The summed E-state index contributed by atoms with van der Waals surface area (Å²) in [5, 5.41) is 3.21. The lowest BCUT2D eigenvalue weighted by Crippen LogP contribution is -2.42. The molecule has 1 aromatic carbocycles. The first-order valence-electron chi connectivity index (χ1n) is 6.74. The van der Waals surface area contributed by atoms with Crippen molar-refractivity contribution < 1.29 is 13.9 Å². The van der Waals surface area contributed by atoms with Gasteiger partial charge in [0.25, 0.3) is 0 Å². The fraction of sp³-hybridized carbons (Fsp3) is 0.500. The molecule has 4 nitrogen and oxygen atoms in total. The smallest absolute Gasteiger partial charge is 0.409 e. The molecule has 0 spiro atoms. The standard InChI is InChI=1S/C14H18BrFN2O2/c1-2-20-14(19)18-8-6-10(7-9-18)17-13-11(15)4-3-5-12(13)16/h3-5,10,17H,2,6-9H2,1H3. The number of piperidine rings is 1. The Morgan fingerprint density at radius 1 is 1.50 bits per heavy atom. The zero-order valence-electron chi connectivity index (χ0n) is 11.4. The van der Waals surface area contributed by atoms with Crippen molar-refractivity contribution in [1.29, 1.82) is 0 Å². The van der Waals surface area contributed by atoms with Gasteiger partial charge < -0.3 is 15.0 Å². The first-order valence-corrected chi connectivity index (χ1v) is 7.53. The molecule has 6 heteroatoms. The van der Waals surface area contributed by atoms with Crippen LogP contribution >= 0.6 is 15.9 Å². The normalized spacial score (nSPS) is 16.1. The maximum absolute atomic E-state index is 13.7. The molecular formula is C14H18BrFN2O2. The average molecular weight is 345 g/mol. The number of hydrogen-bond donors (Lipinski definition) is 1. The van der Waals surface area contributed by atoms with Crippen LogP contribution in [0.3, 0.4) is 0 Å². The number of halogens is 2. The molecule has 1 fully saturated rings. The number of amides is 1. The Hall–Kier alpha value is -1.30. The van der Waals surface area contributed by atoms with Gasteiger partial charge in [0.15, 0.2) is 0 Å². The number of anilines is 1. The van der Waals surface area contributed by atoms with E-state index in [1.807, 2.05) is 0 Å². The molecule has 20 heavy (non-hydrogen) atoms. The van der Waals surface area contributed by atoms with Gasteiger partial charge in [-0.3, -0.25) is 0 Å². The SMILES string of the molecule is CCOC(=O)N1CCC(Nc2c(F)cccc2Br)CC1. The van der Waals surface area contributed by atoms with Crippen LogP contribution in [0.4, 0.5) is 14.9 Å². The van der Waals surface area contributed by atoms with Crippen LogP contribution < -0.4 is 5.32 Å². The third kappa shape index (κ3) is 3.62. The van der Waals surface area contributed by atoms with Crippen molar-refractivity contribution in [3.05, 3.63) is 28.5 Å². The number of nitrogens with zero attached hydrogens (tertiary/aromatic N) is 1. The Morgan fingerprint density at radius 3 is 2.80 bits per heavy atom. The summed E-state index contributed by atoms with van der Waals surface area (Å²) in [6.07, 6.45) is 1.29. The number of hydrogen-bond acceptors (Lipinski definition) is 3. The maximum atomic E-state index is 13.7. The monoisotopic (exact) mass is 344 g/mol. The largest absolute Gasteiger partial charge is 0.450 e. The summed E-state index contributed by atoms with van der Waals surface area (Å²) in [5.74, 6) is -0.271. The van der Waals surface area contributed by atoms with Gasteiger partial charge in [-0.2, -0.15) is 0 Å². The fourth-order valence-electron chi connectivity index (χ4n) is 2.26. The van der Waals surface area contributed by atoms with Crippen molar-refractivity contribution in [3.63, 3.8) is 0 Å². The topological polar surface area (TPSA) is 41.6 Å². The number of carbonyl (C=O) groups is 1. The van der Waals surface area contributed by atoms with Crippen LogP contribution in [-0.2, 0) is 4.74 Å². The molecule has 0 saturated carbocycles. The van der Waals surface area contributed by atoms with Gasteiger partial charge in [0, 0.05) is 23.6 Å². The van der Waals surface area contributed by atoms with E-state index in [1.165, 1.54) is 6.07 Å². The van der Waals surface area contributed by atoms with E-state index in [0.29, 0.717) is 29.9 Å². The van der Waals surface area contributed by atoms with E-state index in [0.717, 1.165) is 12.8 Å². The van der Waals surface area contributed by atoms with E-state index in [4.69, 9.17) is 4.74 Å². The number of carbonyl (C=O) groups excluding carboxylic acids is 1. The summed E-state index contributed by atoms with van der Waals surface area (Å²) >= 11 is 3.34. The van der Waals surface area contributed by atoms with Crippen molar-refractivity contribution in [3.8, 4) is 0 Å². The van der Waals surface area contributed by atoms with Crippen LogP contribution in [0.25, 0.3) is 0 Å². The van der Waals surface area contributed by atoms with Crippen LogP contribution in [0.15, 0.2) is 22.7 Å². The fourth-order valence-corrected chi connectivity index (χ4v) is 2.72. The van der Waals surface area contributed by atoms with Crippen molar-refractivity contribution >= 4 is 27.7 Å². The predicted molar refractivity (Wildman–Crippen MR) is 79.3 cm³/mol. The van der Waals surface area contributed by atoms with Gasteiger partial charge >= 0.3 is 6.09 Å². The Kier molecular flexibility index (Phi) is 5.23. The van der Waals surface area contributed by atoms with Crippen molar-refractivity contribution in [2.75, 3.05) is 25.0 Å². The Labute approximate surface area is 126 Å². The van der Waals surface area contributed by atoms with Crippen LogP contribution in [0.2, 0.25) is 0 Å². The van der Waals surface area contributed by atoms with Crippen LogP contribution in [0.1, 0.15) is 19.8 Å². The lowest BCUT2D eigenvalue weighted by atomic mass is 10.0. The first-order chi connectivity index (χ1) is 9.61. The molecule has 1 aromatic rings. The molecule has 0 radical (unpaired) electrons. The Morgan fingerprint density at radius 2 is 2.20 bits per heavy atom. The molecule has 1 aliphatic rings. The van der Waals surface area contributed by atoms with Crippen molar-refractivity contribution in [1.82, 2.24) is 4.90 Å². The molecule has 0 aliphatic carbocycles. The Balaban J connectivity index is 1.90. The van der Waals surface area contributed by atoms with Gasteiger partial charge in [-0.15, -0.1) is 0 Å². The van der Waals surface area contributed by atoms with Gasteiger partial charge in [-0.1, -0.05) is 6.07 Å². The molecule has 0 aromatic heterocycles. The van der Waals surface area contributed by atoms with Gasteiger partial charge in [0.2, 0.25) is 0 Å². The third-order valence-corrected chi connectivity index (χ3v) is 3.99. The number of likely N-dealkylation sites (tertiary alicyclic amines) is 1. The first kappa shape index (κ1) is 15.1. The molecule has 0 bridgehead atoms. The van der Waals surface area contributed by atoms with E-state index in [9.17, 15) is 9.18 Å². The summed E-state index contributed by atoms with van der Waals surface area (Å²) in [6, 6.07) is 5.06. The minimum atomic E-state index is -0.271. The molecular weight excluding hydrogens is 327 g/mol. The predicted octanol–water partition coefficient (Wildman–Crippen LogP) is 3.62. The molecule has 2 rings (SSSR count). The quantitative estimate of drug-likeness (QED) is 0.910. The highest BCUT2D eigenvalue weighted by Gasteiger charge is 2.24. The molecule has 1 heterocycles. The van der Waals surface area contributed by atoms with Crippen molar-refractivity contribution in [2.45, 2.75) is 25.8 Å². The number of rotatable bonds is 3. The Bertz CT molecular complexity index is 456. The van der Waals surface area contributed by atoms with Crippen molar-refractivity contribution in [2.24, 2.45) is 0 Å². The highest BCUT2D eigenvalue weighted by molar-refractivity contribution is 9.10. The minimum absolute atomic E-state index is 0.161. The number of benzene rings is 1. The second-order valence-electron chi connectivity index (χ2n) is 4.70. The molecule has 1 aliphatic heterocycles. The van der Waals surface area contributed by atoms with Crippen LogP contribution in [-0.4, -0.2) is 36.7 Å². The third-order valence-electron chi connectivity index (χ3n) is 3.33. The number of ether oxygens (including phenoxy) is 1. The van der Waals surface area contributed by atoms with Gasteiger partial charge in [-0.05, 0) is 47.8 Å². The zero-order chi connectivity index (χ0) is 14.5. The van der Waals surface area contributed by atoms with E-state index < -0.39 is 0 Å². The van der Waals surface area contributed by atoms with E-state index in [1.54, 1.807) is 24.0 Å². The number of nitrogens with one attached hydrogen (secondary N) is 1. The summed E-state index contributed by atoms with van der Waals surface area (Å²) in [4.78, 5) is 13.3. The molecule has 1 N–H and O–H groups in total. The average Bonchev–Trinajstić information content (AvgIpc) is 2.44. The van der Waals surface area contributed by atoms with Gasteiger partial charge in [0.05, 0.1) is 12.3 Å². The molecule has 0 unspecified atom stereocenters. The zero-order valence-corrected chi connectivity index (χ0v) is 13.0. The second-order valence-corrected chi connectivity index (χ2v) is 5.56. The lowest BCUT2D eigenvalue weighted by Gasteiger charge is -2.32. The van der Waals surface area contributed by atoms with E-state index in [-0.39, 0.29) is 18.0 Å². The summed E-state index contributed by atoms with van der Waals surface area (Å²) < 4.78 is 19.4. The summed E-state index contributed by atoms with van der Waals surface area (Å²) in [6.45, 7) is 3.44. The molecule has 110 valence electrons. The lowest BCUT2D eigenvalue weighted by molar-refractivity contribution is 0.0983. The van der Waals surface area contributed by atoms with Gasteiger partial charge in [-0.25, -0.2) is 9.18 Å². The minimum Gasteiger partial charge on any atom is -0.450 e. The second kappa shape index (κ2) is 6.92. The highest BCUT2D eigenvalue weighted by Crippen LogP contribution is 2.27. The van der Waals surface area contributed by atoms with Crippen LogP contribution in [0, 0.1) is 5.82 Å². The summed E-state index contributed by atoms with van der Waals surface area (Å²) in [5.41, 5.74) is 0.488. The molecule has 1 saturated heterocycles. The molecule has 1 amide bonds. The van der Waals surface area contributed by atoms with E-state index in [2.05, 4.69) is 21.2 Å². The van der Waals surface area contributed by atoms with Crippen LogP contribution in [0.5, 0.6) is 0 Å². The maximum Gasteiger partial charge on any atom is 0.409 e. The summed E-state index contributed by atoms with van der Waals surface area (Å²) in [7, 11) is 0.